The number of aliphatic imine (C=N–C) groups is 1. The van der Waals surface area contributed by atoms with E-state index in [1.165, 1.54) is 6.07 Å². The molecular formula is C13H20N4O3. The molecule has 1 rings (SSSR count). The lowest BCUT2D eigenvalue weighted by Crippen LogP contribution is -2.43. The number of ether oxygens (including phenoxy) is 1. The van der Waals surface area contributed by atoms with Gasteiger partial charge in [0.15, 0.2) is 5.96 Å². The summed E-state index contributed by atoms with van der Waals surface area (Å²) in [6.07, 6.45) is 0. The number of nitro benzene ring substituents is 1. The number of methoxy groups -OCH3 is 1. The molecule has 0 saturated carbocycles. The zero-order valence-electron chi connectivity index (χ0n) is 11.9. The first kappa shape index (κ1) is 15.9. The standard InChI is InChI=1S/C13H20N4O3/c1-10(9-20-3)16-13(14-2)15-8-11-5-4-6-12(7-11)17(18)19/h4-7,10H,8-9H2,1-3H3,(H2,14,15,16). The number of hydrogen-bond donors (Lipinski definition) is 2. The average Bonchev–Trinajstić information content (AvgIpc) is 2.44. The third-order valence-corrected chi connectivity index (χ3v) is 2.60. The summed E-state index contributed by atoms with van der Waals surface area (Å²) in [6.45, 7) is 3.00. The summed E-state index contributed by atoms with van der Waals surface area (Å²) >= 11 is 0. The van der Waals surface area contributed by atoms with Gasteiger partial charge in [-0.3, -0.25) is 15.1 Å². The van der Waals surface area contributed by atoms with Crippen molar-refractivity contribution < 1.29 is 9.66 Å². The Bertz CT molecular complexity index is 476. The molecule has 0 aliphatic heterocycles. The molecule has 0 bridgehead atoms. The first-order valence-electron chi connectivity index (χ1n) is 6.26. The second kappa shape index (κ2) is 8.11. The van der Waals surface area contributed by atoms with Crippen LogP contribution in [0.2, 0.25) is 0 Å². The van der Waals surface area contributed by atoms with E-state index in [-0.39, 0.29) is 11.7 Å². The molecule has 7 heteroatoms. The van der Waals surface area contributed by atoms with Crippen LogP contribution in [0.3, 0.4) is 0 Å². The Morgan fingerprint density at radius 3 is 2.90 bits per heavy atom. The molecule has 0 aliphatic rings. The van der Waals surface area contributed by atoms with E-state index in [0.717, 1.165) is 5.56 Å². The maximum atomic E-state index is 10.7. The van der Waals surface area contributed by atoms with Gasteiger partial charge < -0.3 is 15.4 Å². The Morgan fingerprint density at radius 2 is 2.30 bits per heavy atom. The van der Waals surface area contributed by atoms with Gasteiger partial charge in [0.25, 0.3) is 5.69 Å². The Labute approximate surface area is 118 Å². The number of nitrogens with zero attached hydrogens (tertiary/aromatic N) is 2. The van der Waals surface area contributed by atoms with Crippen LogP contribution in [-0.4, -0.2) is 37.7 Å². The first-order valence-corrected chi connectivity index (χ1v) is 6.26. The molecule has 1 aromatic rings. The van der Waals surface area contributed by atoms with Gasteiger partial charge in [0.2, 0.25) is 0 Å². The summed E-state index contributed by atoms with van der Waals surface area (Å²) < 4.78 is 5.03. The predicted molar refractivity (Wildman–Crippen MR) is 77.8 cm³/mol. The largest absolute Gasteiger partial charge is 0.383 e. The van der Waals surface area contributed by atoms with E-state index < -0.39 is 4.92 Å². The number of non-ortho nitro benzene ring substituents is 1. The lowest BCUT2D eigenvalue weighted by Gasteiger charge is -2.17. The zero-order valence-corrected chi connectivity index (χ0v) is 11.9. The van der Waals surface area contributed by atoms with Gasteiger partial charge in [-0.2, -0.15) is 0 Å². The molecule has 20 heavy (non-hydrogen) atoms. The fourth-order valence-corrected chi connectivity index (χ4v) is 1.69. The van der Waals surface area contributed by atoms with Crippen molar-refractivity contribution in [2.24, 2.45) is 4.99 Å². The van der Waals surface area contributed by atoms with Gasteiger partial charge in [-0.05, 0) is 12.5 Å². The van der Waals surface area contributed by atoms with E-state index in [2.05, 4.69) is 15.6 Å². The molecule has 0 heterocycles. The molecular weight excluding hydrogens is 260 g/mol. The number of rotatable bonds is 6. The van der Waals surface area contributed by atoms with Crippen molar-refractivity contribution >= 4 is 11.6 Å². The second-order valence-corrected chi connectivity index (χ2v) is 4.35. The summed E-state index contributed by atoms with van der Waals surface area (Å²) in [5.41, 5.74) is 0.904. The van der Waals surface area contributed by atoms with Gasteiger partial charge in [0, 0.05) is 38.9 Å². The Balaban J connectivity index is 2.56. The maximum Gasteiger partial charge on any atom is 0.269 e. The summed E-state index contributed by atoms with van der Waals surface area (Å²) in [7, 11) is 3.31. The molecule has 1 aromatic carbocycles. The number of nitrogens with one attached hydrogen (secondary N) is 2. The third-order valence-electron chi connectivity index (χ3n) is 2.60. The van der Waals surface area contributed by atoms with Crippen molar-refractivity contribution in [3.63, 3.8) is 0 Å². The van der Waals surface area contributed by atoms with Gasteiger partial charge in [0.1, 0.15) is 0 Å². The molecule has 1 unspecified atom stereocenters. The highest BCUT2D eigenvalue weighted by Crippen LogP contribution is 2.12. The van der Waals surface area contributed by atoms with Crippen molar-refractivity contribution in [2.75, 3.05) is 20.8 Å². The fraction of sp³-hybridized carbons (Fsp3) is 0.462. The summed E-state index contributed by atoms with van der Waals surface area (Å²) in [4.78, 5) is 14.4. The van der Waals surface area contributed by atoms with Crippen molar-refractivity contribution in [3.05, 3.63) is 39.9 Å². The summed E-state index contributed by atoms with van der Waals surface area (Å²) in [5.74, 6) is 0.626. The van der Waals surface area contributed by atoms with Gasteiger partial charge in [-0.25, -0.2) is 0 Å². The van der Waals surface area contributed by atoms with Crippen LogP contribution in [0.5, 0.6) is 0 Å². The lowest BCUT2D eigenvalue weighted by atomic mass is 10.2. The van der Waals surface area contributed by atoms with Gasteiger partial charge in [-0.1, -0.05) is 12.1 Å². The predicted octanol–water partition coefficient (Wildman–Crippen LogP) is 1.29. The molecule has 0 aromatic heterocycles. The molecule has 0 spiro atoms. The highest BCUT2D eigenvalue weighted by atomic mass is 16.6. The fourth-order valence-electron chi connectivity index (χ4n) is 1.69. The molecule has 0 amide bonds. The van der Waals surface area contributed by atoms with Crippen LogP contribution in [0.1, 0.15) is 12.5 Å². The smallest absolute Gasteiger partial charge is 0.269 e. The van der Waals surface area contributed by atoms with Crippen LogP contribution in [0.25, 0.3) is 0 Å². The minimum atomic E-state index is -0.406. The van der Waals surface area contributed by atoms with Gasteiger partial charge in [0.05, 0.1) is 11.5 Å². The van der Waals surface area contributed by atoms with Crippen molar-refractivity contribution in [1.82, 2.24) is 10.6 Å². The van der Waals surface area contributed by atoms with Crippen molar-refractivity contribution in [2.45, 2.75) is 19.5 Å². The second-order valence-electron chi connectivity index (χ2n) is 4.35. The summed E-state index contributed by atoms with van der Waals surface area (Å²) in [5, 5.41) is 17.0. The molecule has 0 radical (unpaired) electrons. The SMILES string of the molecule is CN=C(NCc1cccc([N+](=O)[O-])c1)NC(C)COC. The van der Waals surface area contributed by atoms with Crippen LogP contribution in [0.4, 0.5) is 5.69 Å². The van der Waals surface area contributed by atoms with E-state index in [9.17, 15) is 10.1 Å². The zero-order chi connectivity index (χ0) is 15.0. The number of nitro groups is 1. The Morgan fingerprint density at radius 1 is 1.55 bits per heavy atom. The number of guanidine groups is 1. The normalized spacial score (nSPS) is 12.8. The van der Waals surface area contributed by atoms with Crippen LogP contribution < -0.4 is 10.6 Å². The van der Waals surface area contributed by atoms with Crippen LogP contribution in [0, 0.1) is 10.1 Å². The number of benzene rings is 1. The van der Waals surface area contributed by atoms with E-state index in [1.807, 2.05) is 13.0 Å². The average molecular weight is 280 g/mol. The third kappa shape index (κ3) is 5.23. The quantitative estimate of drug-likeness (QED) is 0.355. The van der Waals surface area contributed by atoms with E-state index >= 15 is 0 Å². The van der Waals surface area contributed by atoms with E-state index in [4.69, 9.17) is 4.74 Å². The molecule has 7 nitrogen and oxygen atoms in total. The molecule has 0 saturated heterocycles. The van der Waals surface area contributed by atoms with Crippen LogP contribution in [0.15, 0.2) is 29.3 Å². The molecule has 110 valence electrons. The molecule has 0 aliphatic carbocycles. The first-order chi connectivity index (χ1) is 9.56. The molecule has 2 N–H and O–H groups in total. The molecule has 0 fully saturated rings. The van der Waals surface area contributed by atoms with Crippen molar-refractivity contribution in [1.29, 1.82) is 0 Å². The van der Waals surface area contributed by atoms with E-state index in [1.54, 1.807) is 26.3 Å². The highest BCUT2D eigenvalue weighted by molar-refractivity contribution is 5.79. The topological polar surface area (TPSA) is 88.8 Å². The Kier molecular flexibility index (Phi) is 6.45. The van der Waals surface area contributed by atoms with Gasteiger partial charge >= 0.3 is 0 Å². The van der Waals surface area contributed by atoms with E-state index in [0.29, 0.717) is 19.1 Å². The highest BCUT2D eigenvalue weighted by Gasteiger charge is 2.07. The minimum Gasteiger partial charge on any atom is -0.383 e. The summed E-state index contributed by atoms with van der Waals surface area (Å²) in [6, 6.07) is 6.62. The molecule has 1 atom stereocenters. The Hall–Kier alpha value is -2.15. The van der Waals surface area contributed by atoms with Crippen LogP contribution in [-0.2, 0) is 11.3 Å². The monoisotopic (exact) mass is 280 g/mol. The van der Waals surface area contributed by atoms with Gasteiger partial charge in [-0.15, -0.1) is 0 Å². The number of hydrogen-bond acceptors (Lipinski definition) is 4. The van der Waals surface area contributed by atoms with Crippen molar-refractivity contribution in [3.8, 4) is 0 Å². The minimum absolute atomic E-state index is 0.0833. The maximum absolute atomic E-state index is 10.7. The van der Waals surface area contributed by atoms with Crippen LogP contribution >= 0.6 is 0 Å². The lowest BCUT2D eigenvalue weighted by molar-refractivity contribution is -0.384.